The molecular formula is C25H31ClN2O4. The lowest BCUT2D eigenvalue weighted by atomic mass is 10.0. The van der Waals surface area contributed by atoms with Gasteiger partial charge in [-0.25, -0.2) is 4.79 Å². The van der Waals surface area contributed by atoms with Gasteiger partial charge in [-0.2, -0.15) is 0 Å². The van der Waals surface area contributed by atoms with Gasteiger partial charge < -0.3 is 20.1 Å². The molecule has 3 rings (SSSR count). The zero-order valence-electron chi connectivity index (χ0n) is 18.9. The van der Waals surface area contributed by atoms with E-state index in [-0.39, 0.29) is 11.9 Å². The molecule has 0 spiro atoms. The molecule has 2 N–H and O–H groups in total. The average molecular weight is 459 g/mol. The molecule has 1 unspecified atom stereocenters. The summed E-state index contributed by atoms with van der Waals surface area (Å²) in [5, 5.41) is 12.8. The fourth-order valence-corrected chi connectivity index (χ4v) is 4.01. The Balaban J connectivity index is 1.64. The van der Waals surface area contributed by atoms with E-state index in [1.54, 1.807) is 18.2 Å². The first-order chi connectivity index (χ1) is 15.2. The second-order valence-electron chi connectivity index (χ2n) is 8.85. The predicted molar refractivity (Wildman–Crippen MR) is 127 cm³/mol. The van der Waals surface area contributed by atoms with E-state index in [1.807, 2.05) is 31.2 Å². The van der Waals surface area contributed by atoms with Crippen LogP contribution in [0, 0.1) is 0 Å². The third kappa shape index (κ3) is 6.16. The summed E-state index contributed by atoms with van der Waals surface area (Å²) in [6.45, 7) is 6.87. The van der Waals surface area contributed by atoms with E-state index >= 15 is 0 Å². The molecule has 2 aromatic rings. The maximum atomic E-state index is 13.1. The van der Waals surface area contributed by atoms with E-state index in [0.717, 1.165) is 37.2 Å². The highest BCUT2D eigenvalue weighted by atomic mass is 35.5. The van der Waals surface area contributed by atoms with Crippen molar-refractivity contribution in [1.82, 2.24) is 5.32 Å². The van der Waals surface area contributed by atoms with Crippen molar-refractivity contribution in [3.63, 3.8) is 0 Å². The van der Waals surface area contributed by atoms with Crippen molar-refractivity contribution in [2.24, 2.45) is 0 Å². The zero-order chi connectivity index (χ0) is 23.3. The molecule has 7 heteroatoms. The summed E-state index contributed by atoms with van der Waals surface area (Å²) in [5.74, 6) is -0.672. The first-order valence-corrected chi connectivity index (χ1v) is 11.4. The van der Waals surface area contributed by atoms with E-state index in [2.05, 4.69) is 10.2 Å². The molecule has 0 radical (unpaired) electrons. The lowest BCUT2D eigenvalue weighted by molar-refractivity contribution is -0.152. The van der Waals surface area contributed by atoms with Gasteiger partial charge in [-0.3, -0.25) is 4.79 Å². The van der Waals surface area contributed by atoms with E-state index in [4.69, 9.17) is 16.3 Å². The van der Waals surface area contributed by atoms with Crippen LogP contribution < -0.4 is 15.0 Å². The number of rotatable bonds is 8. The Morgan fingerprint density at radius 2 is 1.78 bits per heavy atom. The molecule has 32 heavy (non-hydrogen) atoms. The predicted octanol–water partition coefficient (Wildman–Crippen LogP) is 4.93. The molecule has 0 aliphatic carbocycles. The van der Waals surface area contributed by atoms with Crippen LogP contribution >= 0.6 is 11.6 Å². The molecule has 1 aliphatic heterocycles. The number of carboxylic acids is 1. The Bertz CT molecular complexity index is 953. The molecule has 1 aliphatic rings. The lowest BCUT2D eigenvalue weighted by Crippen LogP contribution is -2.37. The van der Waals surface area contributed by atoms with Crippen molar-refractivity contribution in [3.05, 3.63) is 58.6 Å². The van der Waals surface area contributed by atoms with Gasteiger partial charge in [-0.05, 0) is 82.3 Å². The largest absolute Gasteiger partial charge is 0.478 e. The number of aliphatic carboxylic acids is 1. The van der Waals surface area contributed by atoms with Gasteiger partial charge in [-0.1, -0.05) is 23.7 Å². The number of amides is 1. The average Bonchev–Trinajstić information content (AvgIpc) is 2.75. The molecule has 172 valence electrons. The summed E-state index contributed by atoms with van der Waals surface area (Å²) in [6.07, 6.45) is 4.11. The Kier molecular flexibility index (Phi) is 7.67. The van der Waals surface area contributed by atoms with Gasteiger partial charge in [0.2, 0.25) is 0 Å². The summed E-state index contributed by atoms with van der Waals surface area (Å²) in [6, 6.07) is 12.7. The Hall–Kier alpha value is -2.73. The SMILES string of the molecule is CC(Cc1ccc(OC(C)(C)C(=O)O)cc1)NC(=O)c1cc(Cl)ccc1N1CCCCC1. The zero-order valence-corrected chi connectivity index (χ0v) is 19.6. The number of ether oxygens (including phenoxy) is 1. The smallest absolute Gasteiger partial charge is 0.347 e. The van der Waals surface area contributed by atoms with E-state index < -0.39 is 11.6 Å². The van der Waals surface area contributed by atoms with Crippen LogP contribution in [0.25, 0.3) is 0 Å². The van der Waals surface area contributed by atoms with Gasteiger partial charge in [-0.15, -0.1) is 0 Å². The fourth-order valence-electron chi connectivity index (χ4n) is 3.84. The van der Waals surface area contributed by atoms with Crippen LogP contribution in [0.2, 0.25) is 5.02 Å². The molecule has 1 heterocycles. The minimum atomic E-state index is -1.30. The van der Waals surface area contributed by atoms with Crippen LogP contribution in [0.15, 0.2) is 42.5 Å². The van der Waals surface area contributed by atoms with Crippen molar-refractivity contribution >= 4 is 29.2 Å². The van der Waals surface area contributed by atoms with Crippen molar-refractivity contribution in [2.75, 3.05) is 18.0 Å². The molecule has 2 aromatic carbocycles. The molecular weight excluding hydrogens is 428 g/mol. The number of nitrogens with one attached hydrogen (secondary N) is 1. The minimum Gasteiger partial charge on any atom is -0.478 e. The molecule has 1 atom stereocenters. The van der Waals surface area contributed by atoms with Gasteiger partial charge in [0, 0.05) is 29.8 Å². The maximum absolute atomic E-state index is 13.1. The number of halogens is 1. The minimum absolute atomic E-state index is 0.0992. The molecule has 0 aromatic heterocycles. The second-order valence-corrected chi connectivity index (χ2v) is 9.29. The van der Waals surface area contributed by atoms with Gasteiger partial charge in [0.25, 0.3) is 5.91 Å². The highest BCUT2D eigenvalue weighted by molar-refractivity contribution is 6.31. The van der Waals surface area contributed by atoms with E-state index in [9.17, 15) is 14.7 Å². The number of hydrogen-bond donors (Lipinski definition) is 2. The normalized spacial score (nSPS) is 15.2. The highest BCUT2D eigenvalue weighted by Crippen LogP contribution is 2.27. The van der Waals surface area contributed by atoms with Gasteiger partial charge in [0.15, 0.2) is 5.60 Å². The second kappa shape index (κ2) is 10.3. The van der Waals surface area contributed by atoms with Crippen LogP contribution in [0.3, 0.4) is 0 Å². The number of piperidine rings is 1. The number of hydrogen-bond acceptors (Lipinski definition) is 4. The molecule has 0 saturated carbocycles. The molecule has 1 amide bonds. The third-order valence-corrected chi connectivity index (χ3v) is 5.87. The summed E-state index contributed by atoms with van der Waals surface area (Å²) in [5.41, 5.74) is 1.25. The first-order valence-electron chi connectivity index (χ1n) is 11.0. The molecule has 0 bridgehead atoms. The number of benzene rings is 2. The summed E-state index contributed by atoms with van der Waals surface area (Å²) >= 11 is 6.20. The number of anilines is 1. The summed E-state index contributed by atoms with van der Waals surface area (Å²) < 4.78 is 5.54. The van der Waals surface area contributed by atoms with Gasteiger partial charge in [0.05, 0.1) is 5.56 Å². The summed E-state index contributed by atoms with van der Waals surface area (Å²) in [4.78, 5) is 26.6. The van der Waals surface area contributed by atoms with Crippen LogP contribution in [-0.4, -0.2) is 41.7 Å². The van der Waals surface area contributed by atoms with Gasteiger partial charge >= 0.3 is 5.97 Å². The Morgan fingerprint density at radius 3 is 2.41 bits per heavy atom. The van der Waals surface area contributed by atoms with Crippen molar-refractivity contribution < 1.29 is 19.4 Å². The Labute approximate surface area is 194 Å². The molecule has 1 saturated heterocycles. The Morgan fingerprint density at radius 1 is 1.12 bits per heavy atom. The molecule has 6 nitrogen and oxygen atoms in total. The number of carbonyl (C=O) groups is 2. The van der Waals surface area contributed by atoms with Crippen molar-refractivity contribution in [2.45, 2.75) is 58.1 Å². The van der Waals surface area contributed by atoms with Crippen LogP contribution in [-0.2, 0) is 11.2 Å². The first kappa shape index (κ1) is 23.9. The fraction of sp³-hybridized carbons (Fsp3) is 0.440. The quantitative estimate of drug-likeness (QED) is 0.586. The van der Waals surface area contributed by atoms with Crippen LogP contribution in [0.1, 0.15) is 56.0 Å². The topological polar surface area (TPSA) is 78.9 Å². The number of carbonyl (C=O) groups excluding carboxylic acids is 1. The molecule has 1 fully saturated rings. The van der Waals surface area contributed by atoms with Gasteiger partial charge in [0.1, 0.15) is 5.75 Å². The lowest BCUT2D eigenvalue weighted by Gasteiger charge is -2.30. The maximum Gasteiger partial charge on any atom is 0.347 e. The third-order valence-electron chi connectivity index (χ3n) is 5.63. The van der Waals surface area contributed by atoms with E-state index in [1.165, 1.54) is 20.3 Å². The monoisotopic (exact) mass is 458 g/mol. The summed E-state index contributed by atoms with van der Waals surface area (Å²) in [7, 11) is 0. The van der Waals surface area contributed by atoms with Crippen molar-refractivity contribution in [3.8, 4) is 5.75 Å². The number of carboxylic acid groups (broad SMARTS) is 1. The standard InChI is InChI=1S/C25H31ClN2O4/c1-17(15-18-7-10-20(11-8-18)32-25(2,3)24(30)31)27-23(29)21-16-19(26)9-12-22(21)28-13-5-4-6-14-28/h7-12,16-17H,4-6,13-15H2,1-3H3,(H,27,29)(H,30,31). The van der Waals surface area contributed by atoms with Crippen LogP contribution in [0.5, 0.6) is 5.75 Å². The van der Waals surface area contributed by atoms with Crippen LogP contribution in [0.4, 0.5) is 5.69 Å². The number of nitrogens with zero attached hydrogens (tertiary/aromatic N) is 1. The van der Waals surface area contributed by atoms with Crippen molar-refractivity contribution in [1.29, 1.82) is 0 Å². The van der Waals surface area contributed by atoms with E-state index in [0.29, 0.717) is 22.8 Å². The highest BCUT2D eigenvalue weighted by Gasteiger charge is 2.29.